The summed E-state index contributed by atoms with van der Waals surface area (Å²) < 4.78 is 0. The van der Waals surface area contributed by atoms with Crippen LogP contribution < -0.4 is 5.32 Å². The number of hydrogen-bond donors (Lipinski definition) is 2. The molecule has 0 spiro atoms. The number of nitrogens with zero attached hydrogens (tertiary/aromatic N) is 1. The van der Waals surface area contributed by atoms with Gasteiger partial charge in [0.25, 0.3) is 11.6 Å². The van der Waals surface area contributed by atoms with Crippen LogP contribution >= 0.6 is 12.6 Å². The van der Waals surface area contributed by atoms with Crippen LogP contribution in [-0.4, -0.2) is 17.9 Å². The fourth-order valence-electron chi connectivity index (χ4n) is 0.960. The van der Waals surface area contributed by atoms with Gasteiger partial charge in [0.15, 0.2) is 0 Å². The number of carbonyl (C=O) groups excluding carboxylic acids is 1. The predicted molar refractivity (Wildman–Crippen MR) is 53.7 cm³/mol. The molecule has 1 aromatic carbocycles. The Morgan fingerprint density at radius 1 is 1.57 bits per heavy atom. The van der Waals surface area contributed by atoms with Crippen LogP contribution in [0.1, 0.15) is 10.4 Å². The Morgan fingerprint density at radius 2 is 2.21 bits per heavy atom. The van der Waals surface area contributed by atoms with Crippen molar-refractivity contribution in [1.82, 2.24) is 5.32 Å². The molecule has 0 atom stereocenters. The fourth-order valence-corrected chi connectivity index (χ4v) is 1.27. The summed E-state index contributed by atoms with van der Waals surface area (Å²) in [5.74, 6) is -0.315. The first-order valence-electron chi connectivity index (χ1n) is 3.75. The SMILES string of the molecule is CNC(=O)c1ccc([N+](=O)[O-])cc1S. The van der Waals surface area contributed by atoms with Crippen LogP contribution in [0.15, 0.2) is 23.1 Å². The molecular formula is C8H8N2O3S. The number of amides is 1. The topological polar surface area (TPSA) is 72.2 Å². The minimum Gasteiger partial charge on any atom is -0.355 e. The Morgan fingerprint density at radius 3 is 2.64 bits per heavy atom. The lowest BCUT2D eigenvalue weighted by molar-refractivity contribution is -0.385. The highest BCUT2D eigenvalue weighted by Crippen LogP contribution is 2.20. The molecule has 1 amide bonds. The van der Waals surface area contributed by atoms with Crippen molar-refractivity contribution in [2.45, 2.75) is 4.90 Å². The van der Waals surface area contributed by atoms with Gasteiger partial charge in [0.1, 0.15) is 0 Å². The van der Waals surface area contributed by atoms with E-state index in [1.54, 1.807) is 0 Å². The first kappa shape index (κ1) is 10.5. The molecule has 0 aliphatic rings. The highest BCUT2D eigenvalue weighted by molar-refractivity contribution is 7.80. The van der Waals surface area contributed by atoms with E-state index in [4.69, 9.17) is 0 Å². The van der Waals surface area contributed by atoms with Gasteiger partial charge in [-0.3, -0.25) is 14.9 Å². The van der Waals surface area contributed by atoms with Crippen molar-refractivity contribution in [2.75, 3.05) is 7.05 Å². The zero-order chi connectivity index (χ0) is 10.7. The summed E-state index contributed by atoms with van der Waals surface area (Å²) in [6.07, 6.45) is 0. The molecule has 1 aromatic rings. The molecule has 0 aliphatic carbocycles. The van der Waals surface area contributed by atoms with E-state index in [0.717, 1.165) is 0 Å². The number of thiol groups is 1. The zero-order valence-corrected chi connectivity index (χ0v) is 8.25. The highest BCUT2D eigenvalue weighted by Gasteiger charge is 2.12. The van der Waals surface area contributed by atoms with Crippen LogP contribution in [0.3, 0.4) is 0 Å². The molecule has 0 aromatic heterocycles. The van der Waals surface area contributed by atoms with E-state index in [-0.39, 0.29) is 11.6 Å². The molecule has 14 heavy (non-hydrogen) atoms. The van der Waals surface area contributed by atoms with Crippen molar-refractivity contribution >= 4 is 24.2 Å². The van der Waals surface area contributed by atoms with Crippen LogP contribution in [0.25, 0.3) is 0 Å². The maximum atomic E-state index is 11.2. The second kappa shape index (κ2) is 4.10. The molecule has 0 fully saturated rings. The summed E-state index contributed by atoms with van der Waals surface area (Å²) in [6.45, 7) is 0. The molecule has 74 valence electrons. The number of rotatable bonds is 2. The summed E-state index contributed by atoms with van der Waals surface area (Å²) in [5.41, 5.74) is 0.240. The van der Waals surface area contributed by atoms with Crippen molar-refractivity contribution < 1.29 is 9.72 Å². The third-order valence-electron chi connectivity index (χ3n) is 1.66. The quantitative estimate of drug-likeness (QED) is 0.440. The average molecular weight is 212 g/mol. The van der Waals surface area contributed by atoms with E-state index in [9.17, 15) is 14.9 Å². The average Bonchev–Trinajstić information content (AvgIpc) is 2.16. The van der Waals surface area contributed by atoms with Crippen LogP contribution in [0, 0.1) is 10.1 Å². The number of hydrogen-bond acceptors (Lipinski definition) is 4. The van der Waals surface area contributed by atoms with Gasteiger partial charge in [0.2, 0.25) is 0 Å². The summed E-state index contributed by atoms with van der Waals surface area (Å²) >= 11 is 3.99. The van der Waals surface area contributed by atoms with E-state index in [1.807, 2.05) is 0 Å². The lowest BCUT2D eigenvalue weighted by Gasteiger charge is -2.02. The number of nitro benzene ring substituents is 1. The third kappa shape index (κ3) is 2.02. The third-order valence-corrected chi connectivity index (χ3v) is 2.03. The van der Waals surface area contributed by atoms with Crippen LogP contribution in [0.5, 0.6) is 0 Å². The van der Waals surface area contributed by atoms with Gasteiger partial charge < -0.3 is 5.32 Å². The molecule has 1 rings (SSSR count). The van der Waals surface area contributed by atoms with E-state index in [1.165, 1.54) is 25.2 Å². The molecule has 0 saturated carbocycles. The molecule has 1 N–H and O–H groups in total. The molecule has 0 heterocycles. The molecule has 0 aliphatic heterocycles. The highest BCUT2D eigenvalue weighted by atomic mass is 32.1. The van der Waals surface area contributed by atoms with Gasteiger partial charge in [-0.1, -0.05) is 0 Å². The molecular weight excluding hydrogens is 204 g/mol. The number of benzene rings is 1. The van der Waals surface area contributed by atoms with Gasteiger partial charge >= 0.3 is 0 Å². The monoisotopic (exact) mass is 212 g/mol. The maximum Gasteiger partial charge on any atom is 0.270 e. The molecule has 6 heteroatoms. The summed E-state index contributed by atoms with van der Waals surface area (Å²) in [7, 11) is 1.48. The standard InChI is InChI=1S/C8H8N2O3S/c1-9-8(11)6-3-2-5(10(12)13)4-7(6)14/h2-4,14H,1H3,(H,9,11). The minimum absolute atomic E-state index is 0.0809. The normalized spacial score (nSPS) is 9.57. The Balaban J connectivity index is 3.14. The molecule has 5 nitrogen and oxygen atoms in total. The number of nitrogens with one attached hydrogen (secondary N) is 1. The van der Waals surface area contributed by atoms with Gasteiger partial charge in [-0.05, 0) is 6.07 Å². The van der Waals surface area contributed by atoms with Gasteiger partial charge in [0, 0.05) is 24.1 Å². The van der Waals surface area contributed by atoms with E-state index < -0.39 is 4.92 Å². The second-order valence-electron chi connectivity index (χ2n) is 2.54. The Kier molecular flexibility index (Phi) is 3.08. The molecule has 0 unspecified atom stereocenters. The second-order valence-corrected chi connectivity index (χ2v) is 3.02. The Bertz CT molecular complexity index is 392. The Labute approximate surface area is 85.7 Å². The number of nitro groups is 1. The fraction of sp³-hybridized carbons (Fsp3) is 0.125. The predicted octanol–water partition coefficient (Wildman–Crippen LogP) is 1.24. The van der Waals surface area contributed by atoms with E-state index in [2.05, 4.69) is 17.9 Å². The molecule has 0 bridgehead atoms. The van der Waals surface area contributed by atoms with Gasteiger partial charge in [-0.25, -0.2) is 0 Å². The molecule has 0 saturated heterocycles. The maximum absolute atomic E-state index is 11.2. The van der Waals surface area contributed by atoms with E-state index >= 15 is 0 Å². The summed E-state index contributed by atoms with van der Waals surface area (Å²) in [6, 6.07) is 3.89. The minimum atomic E-state index is -0.534. The van der Waals surface area contributed by atoms with Gasteiger partial charge in [0.05, 0.1) is 10.5 Å². The first-order valence-corrected chi connectivity index (χ1v) is 4.20. The van der Waals surface area contributed by atoms with Crippen molar-refractivity contribution in [3.05, 3.63) is 33.9 Å². The lowest BCUT2D eigenvalue weighted by atomic mass is 10.2. The number of non-ortho nitro benzene ring substituents is 1. The lowest BCUT2D eigenvalue weighted by Crippen LogP contribution is -2.18. The number of carbonyl (C=O) groups is 1. The van der Waals surface area contributed by atoms with Crippen molar-refractivity contribution in [2.24, 2.45) is 0 Å². The largest absolute Gasteiger partial charge is 0.355 e. The summed E-state index contributed by atoms with van der Waals surface area (Å²) in [4.78, 5) is 21.3. The smallest absolute Gasteiger partial charge is 0.270 e. The van der Waals surface area contributed by atoms with Gasteiger partial charge in [-0.2, -0.15) is 0 Å². The van der Waals surface area contributed by atoms with E-state index in [0.29, 0.717) is 10.5 Å². The van der Waals surface area contributed by atoms with Crippen LogP contribution in [-0.2, 0) is 0 Å². The van der Waals surface area contributed by atoms with Crippen molar-refractivity contribution in [1.29, 1.82) is 0 Å². The van der Waals surface area contributed by atoms with Crippen molar-refractivity contribution in [3.8, 4) is 0 Å². The van der Waals surface area contributed by atoms with Crippen LogP contribution in [0.2, 0.25) is 0 Å². The van der Waals surface area contributed by atoms with Gasteiger partial charge in [-0.15, -0.1) is 12.6 Å². The Hall–Kier alpha value is -1.56. The van der Waals surface area contributed by atoms with Crippen LogP contribution in [0.4, 0.5) is 5.69 Å². The van der Waals surface area contributed by atoms with Crippen molar-refractivity contribution in [3.63, 3.8) is 0 Å². The summed E-state index contributed by atoms with van der Waals surface area (Å²) in [5, 5.41) is 12.8. The molecule has 0 radical (unpaired) electrons. The first-order chi connectivity index (χ1) is 6.56. The zero-order valence-electron chi connectivity index (χ0n) is 7.35.